The van der Waals surface area contributed by atoms with E-state index in [0.717, 1.165) is 0 Å². The second-order valence-electron chi connectivity index (χ2n) is 10.1. The lowest BCUT2D eigenvalue weighted by Gasteiger charge is -2.37. The van der Waals surface area contributed by atoms with Crippen molar-refractivity contribution in [1.29, 1.82) is 0 Å². The quantitative estimate of drug-likeness (QED) is 0.105. The third-order valence-electron chi connectivity index (χ3n) is 6.66. The van der Waals surface area contributed by atoms with Crippen molar-refractivity contribution in [1.82, 2.24) is 5.06 Å². The fourth-order valence-corrected chi connectivity index (χ4v) is 4.08. The van der Waals surface area contributed by atoms with E-state index in [1.54, 1.807) is 20.8 Å². The van der Waals surface area contributed by atoms with Crippen LogP contribution >= 0.6 is 0 Å². The van der Waals surface area contributed by atoms with Gasteiger partial charge in [0.25, 0.3) is 11.8 Å². The molecule has 0 saturated carbocycles. The summed E-state index contributed by atoms with van der Waals surface area (Å²) < 4.78 is 25.5. The minimum Gasteiger partial charge on any atom is -0.463 e. The van der Waals surface area contributed by atoms with Gasteiger partial charge in [0.15, 0.2) is 6.10 Å². The van der Waals surface area contributed by atoms with Crippen LogP contribution in [0.1, 0.15) is 81.6 Å². The van der Waals surface area contributed by atoms with Crippen LogP contribution in [0.2, 0.25) is 0 Å². The van der Waals surface area contributed by atoms with Gasteiger partial charge >= 0.3 is 23.9 Å². The van der Waals surface area contributed by atoms with E-state index < -0.39 is 58.5 Å². The summed E-state index contributed by atoms with van der Waals surface area (Å²) in [6.45, 7) is 7.66. The molecular weight excluding hydrogens is 542 g/mol. The molecule has 13 heteroatoms. The number of hydrogen-bond acceptors (Lipinski definition) is 12. The number of rotatable bonds is 17. The smallest absolute Gasteiger partial charge is 0.336 e. The molecule has 1 heterocycles. The highest BCUT2D eigenvalue weighted by Crippen LogP contribution is 2.43. The number of imide groups is 1. The Bertz CT molecular complexity index is 891. The number of hydroxylamine groups is 2. The highest BCUT2D eigenvalue weighted by molar-refractivity contribution is 6.01. The van der Waals surface area contributed by atoms with Gasteiger partial charge in [-0.05, 0) is 40.0 Å². The number of ether oxygens (including phenoxy) is 5. The van der Waals surface area contributed by atoms with Crippen molar-refractivity contribution in [2.24, 2.45) is 16.7 Å². The first kappa shape index (κ1) is 40.1. The summed E-state index contributed by atoms with van der Waals surface area (Å²) in [7, 11) is 2.82. The van der Waals surface area contributed by atoms with Crippen molar-refractivity contribution in [3.05, 3.63) is 0 Å². The molecule has 1 aliphatic rings. The van der Waals surface area contributed by atoms with E-state index in [9.17, 15) is 28.8 Å². The van der Waals surface area contributed by atoms with Crippen molar-refractivity contribution in [2.75, 3.05) is 40.6 Å². The second-order valence-corrected chi connectivity index (χ2v) is 10.1. The van der Waals surface area contributed by atoms with Gasteiger partial charge in [0.05, 0.1) is 23.4 Å². The fourth-order valence-electron chi connectivity index (χ4n) is 4.08. The first-order valence-electron chi connectivity index (χ1n) is 12.8. The largest absolute Gasteiger partial charge is 0.463 e. The normalized spacial score (nSPS) is 17.1. The van der Waals surface area contributed by atoms with Gasteiger partial charge in [0.1, 0.15) is 19.8 Å². The Morgan fingerprint density at radius 3 is 1.78 bits per heavy atom. The van der Waals surface area contributed by atoms with E-state index in [1.807, 2.05) is 0 Å². The third-order valence-corrected chi connectivity index (χ3v) is 6.66. The summed E-state index contributed by atoms with van der Waals surface area (Å²) in [6.07, 6.45) is -0.787. The van der Waals surface area contributed by atoms with Crippen molar-refractivity contribution < 1.29 is 57.3 Å². The maximum absolute atomic E-state index is 13.4. The summed E-state index contributed by atoms with van der Waals surface area (Å²) >= 11 is 0. The topological polar surface area (TPSA) is 161 Å². The lowest BCUT2D eigenvalue weighted by Crippen LogP contribution is -2.43. The Balaban J connectivity index is 0. The average Bonchev–Trinajstić information content (AvgIpc) is 3.21. The van der Waals surface area contributed by atoms with Gasteiger partial charge in [-0.1, -0.05) is 28.7 Å². The molecule has 0 aromatic heterocycles. The van der Waals surface area contributed by atoms with Crippen LogP contribution in [-0.4, -0.2) is 87.5 Å². The summed E-state index contributed by atoms with van der Waals surface area (Å²) in [5, 5.41) is 0.438. The van der Waals surface area contributed by atoms with Gasteiger partial charge in [0.2, 0.25) is 0 Å². The molecular formula is C28H49NO12. The third kappa shape index (κ3) is 11.8. The van der Waals surface area contributed by atoms with Crippen molar-refractivity contribution in [2.45, 2.75) is 87.7 Å². The van der Waals surface area contributed by atoms with Crippen LogP contribution in [-0.2, 0) is 57.3 Å². The Labute approximate surface area is 243 Å². The standard InChI is InChI=1S/C26H41NO12.2CH4/c1-8-25(4,23(32)37-12-11-34-6)16-26(5,24(33)38-14-13-36-22(31)18(3)35-7)15-17(2)21(30)39-27-19(28)9-10-20(27)29;;/h17-18H,8-16H2,1-7H3;2*1H4. The van der Waals surface area contributed by atoms with Crippen LogP contribution < -0.4 is 0 Å². The number of hydrogen-bond donors (Lipinski definition) is 0. The molecule has 4 atom stereocenters. The molecule has 1 rings (SSSR count). The number of amides is 2. The van der Waals surface area contributed by atoms with Crippen LogP contribution in [0.25, 0.3) is 0 Å². The number of carbonyl (C=O) groups is 6. The maximum Gasteiger partial charge on any atom is 0.336 e. The van der Waals surface area contributed by atoms with Gasteiger partial charge in [-0.3, -0.25) is 19.2 Å². The lowest BCUT2D eigenvalue weighted by molar-refractivity contribution is -0.201. The van der Waals surface area contributed by atoms with E-state index in [4.69, 9.17) is 28.5 Å². The molecule has 0 spiro atoms. The zero-order valence-corrected chi connectivity index (χ0v) is 23.9. The van der Waals surface area contributed by atoms with Gasteiger partial charge in [-0.2, -0.15) is 0 Å². The van der Waals surface area contributed by atoms with Gasteiger partial charge in [0, 0.05) is 27.1 Å². The van der Waals surface area contributed by atoms with E-state index >= 15 is 0 Å². The molecule has 1 aliphatic heterocycles. The summed E-state index contributed by atoms with van der Waals surface area (Å²) in [4.78, 5) is 79.6. The average molecular weight is 592 g/mol. The molecule has 41 heavy (non-hydrogen) atoms. The number of carbonyl (C=O) groups excluding carboxylic acids is 6. The Morgan fingerprint density at radius 1 is 0.805 bits per heavy atom. The van der Waals surface area contributed by atoms with Crippen molar-refractivity contribution in [3.63, 3.8) is 0 Å². The van der Waals surface area contributed by atoms with Crippen molar-refractivity contribution in [3.8, 4) is 0 Å². The summed E-state index contributed by atoms with van der Waals surface area (Å²) in [5.41, 5.74) is -2.54. The number of nitrogens with zero attached hydrogens (tertiary/aromatic N) is 1. The highest BCUT2D eigenvalue weighted by Gasteiger charge is 2.47. The van der Waals surface area contributed by atoms with E-state index in [-0.39, 0.29) is 67.0 Å². The molecule has 1 fully saturated rings. The molecule has 0 aromatic rings. The molecule has 4 unspecified atom stereocenters. The van der Waals surface area contributed by atoms with E-state index in [0.29, 0.717) is 11.5 Å². The van der Waals surface area contributed by atoms with E-state index in [1.165, 1.54) is 28.1 Å². The minimum absolute atomic E-state index is 0. The second kappa shape index (κ2) is 18.4. The molecule has 0 radical (unpaired) electrons. The molecule has 0 aliphatic carbocycles. The van der Waals surface area contributed by atoms with Crippen LogP contribution in [0, 0.1) is 16.7 Å². The Hall–Kier alpha value is -3.06. The molecule has 0 bridgehead atoms. The fraction of sp³-hybridized carbons (Fsp3) is 0.786. The zero-order chi connectivity index (χ0) is 29.8. The molecule has 0 aromatic carbocycles. The lowest BCUT2D eigenvalue weighted by atomic mass is 9.68. The first-order chi connectivity index (χ1) is 18.2. The Morgan fingerprint density at radius 2 is 1.29 bits per heavy atom. The minimum atomic E-state index is -1.41. The zero-order valence-electron chi connectivity index (χ0n) is 23.9. The highest BCUT2D eigenvalue weighted by atomic mass is 16.7. The van der Waals surface area contributed by atoms with Gasteiger partial charge in [-0.25, -0.2) is 9.59 Å². The summed E-state index contributed by atoms with van der Waals surface area (Å²) in [5.74, 6) is -5.02. The van der Waals surface area contributed by atoms with Crippen molar-refractivity contribution >= 4 is 35.7 Å². The summed E-state index contributed by atoms with van der Waals surface area (Å²) in [6, 6.07) is 0. The predicted octanol–water partition coefficient (Wildman–Crippen LogP) is 3.02. The Kier molecular flexibility index (Phi) is 18.0. The van der Waals surface area contributed by atoms with Gasteiger partial charge < -0.3 is 28.5 Å². The van der Waals surface area contributed by atoms with Crippen LogP contribution in [0.3, 0.4) is 0 Å². The predicted molar refractivity (Wildman–Crippen MR) is 147 cm³/mol. The van der Waals surface area contributed by atoms with Gasteiger partial charge in [-0.15, -0.1) is 5.06 Å². The maximum atomic E-state index is 13.4. The molecule has 0 N–H and O–H groups in total. The number of methoxy groups -OCH3 is 2. The monoisotopic (exact) mass is 591 g/mol. The molecule has 238 valence electrons. The SMILES string of the molecule is C.C.CCC(C)(CC(C)(CC(C)C(=O)ON1C(=O)CCC1=O)C(=O)OCCOC(=O)C(C)OC)C(=O)OCCOC. The van der Waals surface area contributed by atoms with E-state index in [2.05, 4.69) is 0 Å². The van der Waals surface area contributed by atoms with Crippen LogP contribution in [0.15, 0.2) is 0 Å². The molecule has 1 saturated heterocycles. The first-order valence-corrected chi connectivity index (χ1v) is 12.8. The van der Waals surface area contributed by atoms with Crippen LogP contribution in [0.4, 0.5) is 0 Å². The molecule has 13 nitrogen and oxygen atoms in total. The van der Waals surface area contributed by atoms with Crippen LogP contribution in [0.5, 0.6) is 0 Å². The molecule has 2 amide bonds. The number of esters is 3.